The number of hydrogen-bond donors (Lipinski definition) is 0. The fraction of sp³-hybridized carbons (Fsp3) is 0.857. The van der Waals surface area contributed by atoms with Crippen LogP contribution in [0.1, 0.15) is 25.7 Å². The van der Waals surface area contributed by atoms with Crippen LogP contribution >= 0.6 is 0 Å². The van der Waals surface area contributed by atoms with Crippen LogP contribution < -0.4 is 61.6 Å². The topological polar surface area (TPSA) is 63.2 Å². The molecule has 0 aromatic rings. The van der Waals surface area contributed by atoms with E-state index in [1.807, 2.05) is 0 Å². The van der Waals surface area contributed by atoms with E-state index in [2.05, 4.69) is 0 Å². The van der Waals surface area contributed by atoms with Crippen molar-refractivity contribution in [3.8, 4) is 0 Å². The van der Waals surface area contributed by atoms with E-state index >= 15 is 0 Å². The molecule has 1 aliphatic rings. The first kappa shape index (κ1) is 12.1. The Labute approximate surface area is 109 Å². The molecular weight excluding hydrogens is 171 g/mol. The number of aliphatic carboxylic acids is 1. The Bertz CT molecular complexity index is 138. The van der Waals surface area contributed by atoms with Crippen molar-refractivity contribution in [3.05, 3.63) is 0 Å². The minimum Gasteiger partial charge on any atom is -0.851 e. The third kappa shape index (κ3) is 3.52. The summed E-state index contributed by atoms with van der Waals surface area (Å²) in [6, 6.07) is 0. The summed E-state index contributed by atoms with van der Waals surface area (Å²) in [6.07, 6.45) is 1.82. The molecular formula is C7H10KO3-. The van der Waals surface area contributed by atoms with Crippen molar-refractivity contribution in [3.63, 3.8) is 0 Å². The zero-order chi connectivity index (χ0) is 7.56. The van der Waals surface area contributed by atoms with Gasteiger partial charge in [0.2, 0.25) is 0 Å². The van der Waals surface area contributed by atoms with E-state index < -0.39 is 18.0 Å². The van der Waals surface area contributed by atoms with Gasteiger partial charge in [0.05, 0.1) is 0 Å². The van der Waals surface area contributed by atoms with Crippen molar-refractivity contribution in [2.45, 2.75) is 31.8 Å². The first-order valence-corrected chi connectivity index (χ1v) is 3.58. The summed E-state index contributed by atoms with van der Waals surface area (Å²) in [7, 11) is 0. The first-order valence-electron chi connectivity index (χ1n) is 3.58. The Morgan fingerprint density at radius 3 is 2.18 bits per heavy atom. The van der Waals surface area contributed by atoms with Gasteiger partial charge in [-0.1, -0.05) is 19.3 Å². The smallest absolute Gasteiger partial charge is 0.851 e. The Hall–Kier alpha value is 1.07. The van der Waals surface area contributed by atoms with Gasteiger partial charge in [0.1, 0.15) is 0 Å². The number of hydrogen-bond acceptors (Lipinski definition) is 3. The molecule has 4 heteroatoms. The molecule has 3 nitrogen and oxygen atoms in total. The Balaban J connectivity index is 0.000001000. The summed E-state index contributed by atoms with van der Waals surface area (Å²) < 4.78 is 0. The zero-order valence-corrected chi connectivity index (χ0v) is 9.83. The summed E-state index contributed by atoms with van der Waals surface area (Å²) in [5, 5.41) is 21.2. The molecule has 1 saturated carbocycles. The van der Waals surface area contributed by atoms with Crippen molar-refractivity contribution < 1.29 is 66.4 Å². The molecule has 0 aliphatic heterocycles. The first-order chi connectivity index (χ1) is 4.72. The summed E-state index contributed by atoms with van der Waals surface area (Å²) >= 11 is 0. The van der Waals surface area contributed by atoms with E-state index in [1.165, 1.54) is 0 Å². The van der Waals surface area contributed by atoms with E-state index in [9.17, 15) is 15.0 Å². The SMILES string of the molecule is O=C([O-])C1CCCCC1[O-].[K+]. The maximum absolute atomic E-state index is 10.9. The van der Waals surface area contributed by atoms with Crippen LogP contribution in [0.4, 0.5) is 0 Å². The van der Waals surface area contributed by atoms with Crippen LogP contribution in [0.25, 0.3) is 0 Å². The molecule has 1 fully saturated rings. The Kier molecular flexibility index (Phi) is 6.22. The van der Waals surface area contributed by atoms with Gasteiger partial charge in [-0.2, -0.15) is 0 Å². The van der Waals surface area contributed by atoms with Gasteiger partial charge in [0.15, 0.2) is 0 Å². The van der Waals surface area contributed by atoms with Gasteiger partial charge in [0, 0.05) is 5.97 Å². The summed E-state index contributed by atoms with van der Waals surface area (Å²) in [5.74, 6) is -1.89. The van der Waals surface area contributed by atoms with Crippen LogP contribution in [0.5, 0.6) is 0 Å². The third-order valence-electron chi connectivity index (χ3n) is 2.01. The third-order valence-corrected chi connectivity index (χ3v) is 2.01. The largest absolute Gasteiger partial charge is 1.00 e. The van der Waals surface area contributed by atoms with E-state index in [0.29, 0.717) is 12.8 Å². The van der Waals surface area contributed by atoms with E-state index in [-0.39, 0.29) is 51.4 Å². The van der Waals surface area contributed by atoms with Crippen LogP contribution in [0.15, 0.2) is 0 Å². The molecule has 0 N–H and O–H groups in total. The van der Waals surface area contributed by atoms with Crippen LogP contribution in [0.3, 0.4) is 0 Å². The van der Waals surface area contributed by atoms with Crippen molar-refractivity contribution in [2.75, 3.05) is 0 Å². The maximum atomic E-state index is 10.9. The molecule has 2 atom stereocenters. The second kappa shape index (κ2) is 5.67. The fourth-order valence-electron chi connectivity index (χ4n) is 1.37. The molecule has 0 amide bonds. The summed E-state index contributed by atoms with van der Waals surface area (Å²) in [5.41, 5.74) is 0. The van der Waals surface area contributed by atoms with Crippen molar-refractivity contribution in [1.82, 2.24) is 0 Å². The normalized spacial score (nSPS) is 30.6. The molecule has 0 aromatic heterocycles. The molecule has 11 heavy (non-hydrogen) atoms. The number of carbonyl (C=O) groups excluding carboxylic acids is 1. The van der Waals surface area contributed by atoms with Gasteiger partial charge in [-0.05, 0) is 12.3 Å². The van der Waals surface area contributed by atoms with Gasteiger partial charge >= 0.3 is 51.4 Å². The quantitative estimate of drug-likeness (QED) is 0.384. The standard InChI is InChI=1S/C7H11O3.K/c8-6-4-2-1-3-5(6)7(9)10;/h5-6H,1-4H2,(H,9,10);/q-1;+1/p-1. The van der Waals surface area contributed by atoms with Crippen LogP contribution in [-0.4, -0.2) is 12.1 Å². The minimum atomic E-state index is -1.17. The predicted molar refractivity (Wildman–Crippen MR) is 30.8 cm³/mol. The molecule has 0 saturated heterocycles. The number of rotatable bonds is 1. The molecule has 0 aromatic carbocycles. The zero-order valence-electron chi connectivity index (χ0n) is 6.71. The minimum absolute atomic E-state index is 0. The predicted octanol–water partition coefficient (Wildman–Crippen LogP) is -4.34. The van der Waals surface area contributed by atoms with Crippen LogP contribution in [0, 0.1) is 5.92 Å². The fourth-order valence-corrected chi connectivity index (χ4v) is 1.37. The van der Waals surface area contributed by atoms with Gasteiger partial charge < -0.3 is 15.0 Å². The molecule has 0 bridgehead atoms. The summed E-state index contributed by atoms with van der Waals surface area (Å²) in [4.78, 5) is 10.3. The van der Waals surface area contributed by atoms with E-state index in [4.69, 9.17) is 0 Å². The molecule has 1 aliphatic carbocycles. The molecule has 1 rings (SSSR count). The molecule has 2 unspecified atom stereocenters. The monoisotopic (exact) mass is 181 g/mol. The van der Waals surface area contributed by atoms with Gasteiger partial charge in [-0.3, -0.25) is 0 Å². The average molecular weight is 181 g/mol. The molecule has 0 radical (unpaired) electrons. The van der Waals surface area contributed by atoms with Crippen LogP contribution in [0.2, 0.25) is 0 Å². The van der Waals surface area contributed by atoms with E-state index in [0.717, 1.165) is 12.8 Å². The molecule has 58 valence electrons. The number of carboxylic acids is 1. The molecule has 0 spiro atoms. The maximum Gasteiger partial charge on any atom is 1.00 e. The van der Waals surface area contributed by atoms with Crippen molar-refractivity contribution in [1.29, 1.82) is 0 Å². The van der Waals surface area contributed by atoms with Crippen molar-refractivity contribution in [2.24, 2.45) is 5.92 Å². The second-order valence-corrected chi connectivity index (χ2v) is 2.75. The molecule has 0 heterocycles. The second-order valence-electron chi connectivity index (χ2n) is 2.75. The van der Waals surface area contributed by atoms with Crippen LogP contribution in [-0.2, 0) is 4.79 Å². The summed E-state index contributed by atoms with van der Waals surface area (Å²) in [6.45, 7) is 0. The van der Waals surface area contributed by atoms with E-state index in [1.54, 1.807) is 0 Å². The van der Waals surface area contributed by atoms with Crippen molar-refractivity contribution >= 4 is 5.97 Å². The average Bonchev–Trinajstić information content (AvgIpc) is 1.88. The van der Waals surface area contributed by atoms with Gasteiger partial charge in [-0.15, -0.1) is 6.10 Å². The van der Waals surface area contributed by atoms with Gasteiger partial charge in [0.25, 0.3) is 0 Å². The Morgan fingerprint density at radius 1 is 1.27 bits per heavy atom. The Morgan fingerprint density at radius 2 is 1.82 bits per heavy atom. The number of carboxylic acid groups (broad SMARTS) is 1. The van der Waals surface area contributed by atoms with Gasteiger partial charge in [-0.25, -0.2) is 0 Å². The number of carbonyl (C=O) groups is 1.